The standard InChI is InChI=1S/C13H26Si/c1-12(2)14(3,4)13-10-8-6-5-7-9-11-13/h13H,1,5-11H2,2-4H3. The van der Waals surface area contributed by atoms with Crippen molar-refractivity contribution in [1.82, 2.24) is 0 Å². The molecule has 0 nitrogen and oxygen atoms in total. The van der Waals surface area contributed by atoms with Crippen LogP contribution in [0.3, 0.4) is 0 Å². The highest BCUT2D eigenvalue weighted by molar-refractivity contribution is 6.85. The Balaban J connectivity index is 2.59. The molecule has 1 fully saturated rings. The lowest BCUT2D eigenvalue weighted by Gasteiger charge is -2.34. The number of rotatable bonds is 2. The van der Waals surface area contributed by atoms with Crippen LogP contribution < -0.4 is 0 Å². The normalized spacial score (nSPS) is 21.4. The Morgan fingerprint density at radius 1 is 1.00 bits per heavy atom. The molecule has 0 amide bonds. The maximum atomic E-state index is 4.22. The largest absolute Gasteiger partial charge is 0.104 e. The summed E-state index contributed by atoms with van der Waals surface area (Å²) < 4.78 is 0. The van der Waals surface area contributed by atoms with Crippen molar-refractivity contribution in [2.24, 2.45) is 0 Å². The molecule has 1 saturated carbocycles. The van der Waals surface area contributed by atoms with E-state index < -0.39 is 8.07 Å². The van der Waals surface area contributed by atoms with Crippen LogP contribution in [0.5, 0.6) is 0 Å². The molecule has 0 N–H and O–H groups in total. The van der Waals surface area contributed by atoms with Gasteiger partial charge in [-0.3, -0.25) is 0 Å². The van der Waals surface area contributed by atoms with Gasteiger partial charge in [-0.2, -0.15) is 0 Å². The molecule has 0 aromatic heterocycles. The van der Waals surface area contributed by atoms with Crippen LogP contribution in [0.2, 0.25) is 18.6 Å². The van der Waals surface area contributed by atoms with Crippen molar-refractivity contribution in [2.45, 2.75) is 70.5 Å². The summed E-state index contributed by atoms with van der Waals surface area (Å²) in [6, 6.07) is 0. The van der Waals surface area contributed by atoms with Crippen molar-refractivity contribution in [3.63, 3.8) is 0 Å². The smallest absolute Gasteiger partial charge is 0.0773 e. The van der Waals surface area contributed by atoms with Gasteiger partial charge in [0.15, 0.2) is 0 Å². The van der Waals surface area contributed by atoms with Gasteiger partial charge in [-0.15, -0.1) is 6.58 Å². The summed E-state index contributed by atoms with van der Waals surface area (Å²) in [7, 11) is -1.13. The number of hydrogen-bond acceptors (Lipinski definition) is 0. The first-order valence-electron chi connectivity index (χ1n) is 6.21. The molecule has 82 valence electrons. The predicted octanol–water partition coefficient (Wildman–Crippen LogP) is 4.92. The van der Waals surface area contributed by atoms with Crippen LogP contribution in [0.15, 0.2) is 11.8 Å². The predicted molar refractivity (Wildman–Crippen MR) is 68.4 cm³/mol. The Morgan fingerprint density at radius 3 is 1.86 bits per heavy atom. The molecule has 0 unspecified atom stereocenters. The maximum Gasteiger partial charge on any atom is 0.0773 e. The van der Waals surface area contributed by atoms with Gasteiger partial charge in [-0.05, 0) is 12.5 Å². The second kappa shape index (κ2) is 5.15. The summed E-state index contributed by atoms with van der Waals surface area (Å²) >= 11 is 0. The summed E-state index contributed by atoms with van der Waals surface area (Å²) in [5.41, 5.74) is 1.01. The fourth-order valence-electron chi connectivity index (χ4n) is 2.53. The zero-order valence-electron chi connectivity index (χ0n) is 10.2. The first-order valence-corrected chi connectivity index (χ1v) is 9.29. The third-order valence-electron chi connectivity index (χ3n) is 4.23. The van der Waals surface area contributed by atoms with Gasteiger partial charge >= 0.3 is 0 Å². The van der Waals surface area contributed by atoms with E-state index in [1.54, 1.807) is 0 Å². The molecule has 0 spiro atoms. The highest BCUT2D eigenvalue weighted by Gasteiger charge is 2.31. The molecule has 1 aliphatic carbocycles. The van der Waals surface area contributed by atoms with Gasteiger partial charge in [-0.1, -0.05) is 63.2 Å². The van der Waals surface area contributed by atoms with E-state index in [4.69, 9.17) is 0 Å². The van der Waals surface area contributed by atoms with Gasteiger partial charge in [0.1, 0.15) is 0 Å². The fraction of sp³-hybridized carbons (Fsp3) is 0.846. The average Bonchev–Trinajstić information content (AvgIpc) is 2.01. The van der Waals surface area contributed by atoms with Crippen molar-refractivity contribution in [1.29, 1.82) is 0 Å². The minimum Gasteiger partial charge on any atom is -0.104 e. The topological polar surface area (TPSA) is 0 Å². The molecule has 0 saturated heterocycles. The van der Waals surface area contributed by atoms with Crippen molar-refractivity contribution >= 4 is 8.07 Å². The Morgan fingerprint density at radius 2 is 1.43 bits per heavy atom. The van der Waals surface area contributed by atoms with Crippen LogP contribution in [-0.2, 0) is 0 Å². The van der Waals surface area contributed by atoms with Crippen molar-refractivity contribution in [3.8, 4) is 0 Å². The molecule has 0 aliphatic heterocycles. The molecule has 1 heteroatoms. The Bertz CT molecular complexity index is 185. The molecular formula is C13H26Si. The minimum absolute atomic E-state index is 1.01. The lowest BCUT2D eigenvalue weighted by molar-refractivity contribution is 0.496. The molecule has 1 rings (SSSR count). The van der Waals surface area contributed by atoms with Gasteiger partial charge in [0.05, 0.1) is 8.07 Å². The molecule has 0 atom stereocenters. The molecule has 0 bridgehead atoms. The average molecular weight is 210 g/mol. The molecular weight excluding hydrogens is 184 g/mol. The van der Waals surface area contributed by atoms with Crippen LogP contribution in [-0.4, -0.2) is 8.07 Å². The summed E-state index contributed by atoms with van der Waals surface area (Å²) in [5, 5.41) is 1.50. The summed E-state index contributed by atoms with van der Waals surface area (Å²) in [6.45, 7) is 11.5. The summed E-state index contributed by atoms with van der Waals surface area (Å²) in [4.78, 5) is 0. The van der Waals surface area contributed by atoms with Crippen LogP contribution in [0.4, 0.5) is 0 Å². The van der Waals surface area contributed by atoms with E-state index in [2.05, 4.69) is 26.6 Å². The van der Waals surface area contributed by atoms with Crippen LogP contribution >= 0.6 is 0 Å². The van der Waals surface area contributed by atoms with Gasteiger partial charge in [0.25, 0.3) is 0 Å². The van der Waals surface area contributed by atoms with Gasteiger partial charge in [0, 0.05) is 0 Å². The van der Waals surface area contributed by atoms with E-state index >= 15 is 0 Å². The van der Waals surface area contributed by atoms with E-state index in [0.29, 0.717) is 0 Å². The Hall–Kier alpha value is -0.0431. The van der Waals surface area contributed by atoms with Gasteiger partial charge in [0.2, 0.25) is 0 Å². The van der Waals surface area contributed by atoms with Crippen molar-refractivity contribution in [3.05, 3.63) is 11.8 Å². The zero-order chi connectivity index (χ0) is 10.6. The van der Waals surface area contributed by atoms with Gasteiger partial charge in [-0.25, -0.2) is 0 Å². The first kappa shape index (κ1) is 12.0. The van der Waals surface area contributed by atoms with Crippen LogP contribution in [0.25, 0.3) is 0 Å². The highest BCUT2D eigenvalue weighted by Crippen LogP contribution is 2.38. The minimum atomic E-state index is -1.13. The molecule has 0 radical (unpaired) electrons. The monoisotopic (exact) mass is 210 g/mol. The van der Waals surface area contributed by atoms with E-state index in [9.17, 15) is 0 Å². The zero-order valence-corrected chi connectivity index (χ0v) is 11.2. The third kappa shape index (κ3) is 2.98. The third-order valence-corrected chi connectivity index (χ3v) is 9.04. The SMILES string of the molecule is C=C(C)[Si](C)(C)C1CCCCCCC1. The number of allylic oxidation sites excluding steroid dienone is 1. The van der Waals surface area contributed by atoms with Crippen molar-refractivity contribution in [2.75, 3.05) is 0 Å². The Kier molecular flexibility index (Phi) is 4.43. The second-order valence-corrected chi connectivity index (χ2v) is 10.7. The molecule has 1 aliphatic rings. The lowest BCUT2D eigenvalue weighted by atomic mass is 10.0. The van der Waals surface area contributed by atoms with Crippen LogP contribution in [0.1, 0.15) is 51.9 Å². The molecule has 0 aromatic carbocycles. The Labute approximate surface area is 90.8 Å². The number of hydrogen-bond donors (Lipinski definition) is 0. The summed E-state index contributed by atoms with van der Waals surface area (Å²) in [5.74, 6) is 0. The van der Waals surface area contributed by atoms with E-state index in [-0.39, 0.29) is 0 Å². The molecule has 0 heterocycles. The fourth-order valence-corrected chi connectivity index (χ4v) is 5.07. The highest BCUT2D eigenvalue weighted by atomic mass is 28.3. The summed E-state index contributed by atoms with van der Waals surface area (Å²) in [6.07, 6.45) is 10.3. The van der Waals surface area contributed by atoms with Crippen LogP contribution in [0, 0.1) is 0 Å². The van der Waals surface area contributed by atoms with E-state index in [1.165, 1.54) is 50.1 Å². The van der Waals surface area contributed by atoms with E-state index in [0.717, 1.165) is 5.54 Å². The lowest BCUT2D eigenvalue weighted by Crippen LogP contribution is -2.34. The molecule has 14 heavy (non-hydrogen) atoms. The first-order chi connectivity index (χ1) is 6.55. The maximum absolute atomic E-state index is 4.22. The second-order valence-electron chi connectivity index (χ2n) is 5.54. The van der Waals surface area contributed by atoms with Crippen molar-refractivity contribution < 1.29 is 0 Å². The van der Waals surface area contributed by atoms with E-state index in [1.807, 2.05) is 0 Å². The quantitative estimate of drug-likeness (QED) is 0.567. The van der Waals surface area contributed by atoms with Gasteiger partial charge < -0.3 is 0 Å². The molecule has 0 aromatic rings.